The maximum atomic E-state index is 13.3. The Kier molecular flexibility index (Phi) is 6.92. The maximum absolute atomic E-state index is 13.3. The Labute approximate surface area is 185 Å². The predicted octanol–water partition coefficient (Wildman–Crippen LogP) is 5.46. The Morgan fingerprint density at radius 3 is 2.45 bits per heavy atom. The van der Waals surface area contributed by atoms with Crippen molar-refractivity contribution < 1.29 is 18.7 Å². The van der Waals surface area contributed by atoms with Gasteiger partial charge in [0, 0.05) is 29.5 Å². The lowest BCUT2D eigenvalue weighted by molar-refractivity contribution is 0.0921. The second-order valence-electron chi connectivity index (χ2n) is 7.05. The third-order valence-corrected chi connectivity index (χ3v) is 5.09. The van der Waals surface area contributed by atoms with Crippen LogP contribution in [0.15, 0.2) is 54.6 Å². The topological polar surface area (TPSA) is 67.4 Å². The van der Waals surface area contributed by atoms with E-state index in [4.69, 9.17) is 16.3 Å². The predicted molar refractivity (Wildman–Crippen MR) is 120 cm³/mol. The summed E-state index contributed by atoms with van der Waals surface area (Å²) in [5.74, 6) is -0.383. The zero-order chi connectivity index (χ0) is 22.5. The molecule has 0 fully saturated rings. The van der Waals surface area contributed by atoms with Crippen LogP contribution in [-0.4, -0.2) is 25.3 Å². The highest BCUT2D eigenvalue weighted by Gasteiger charge is 2.14. The molecule has 0 spiro atoms. The van der Waals surface area contributed by atoms with E-state index in [1.807, 2.05) is 6.92 Å². The first-order valence-corrected chi connectivity index (χ1v) is 9.97. The van der Waals surface area contributed by atoms with E-state index < -0.39 is 0 Å². The van der Waals surface area contributed by atoms with Crippen LogP contribution in [0.1, 0.15) is 31.8 Å². The summed E-state index contributed by atoms with van der Waals surface area (Å²) in [4.78, 5) is 24.4. The Bertz CT molecular complexity index is 1150. The van der Waals surface area contributed by atoms with Gasteiger partial charge in [-0.05, 0) is 73.5 Å². The lowest BCUT2D eigenvalue weighted by Gasteiger charge is -2.13. The summed E-state index contributed by atoms with van der Waals surface area (Å²) in [5, 5.41) is 5.99. The summed E-state index contributed by atoms with van der Waals surface area (Å²) in [7, 11) is 1.55. The van der Waals surface area contributed by atoms with Gasteiger partial charge in [-0.25, -0.2) is 4.39 Å². The molecule has 31 heavy (non-hydrogen) atoms. The highest BCUT2D eigenvalue weighted by molar-refractivity contribution is 6.34. The second-order valence-corrected chi connectivity index (χ2v) is 7.46. The summed E-state index contributed by atoms with van der Waals surface area (Å²) in [5.41, 5.74) is 3.74. The molecular weight excluding hydrogens is 419 g/mol. The summed E-state index contributed by atoms with van der Waals surface area (Å²) in [6, 6.07) is 14.5. The van der Waals surface area contributed by atoms with Crippen molar-refractivity contribution in [1.82, 2.24) is 5.32 Å². The molecule has 0 aromatic heterocycles. The Hall–Kier alpha value is -3.38. The number of benzene rings is 3. The normalized spacial score (nSPS) is 10.5. The molecule has 0 saturated heterocycles. The van der Waals surface area contributed by atoms with E-state index in [1.165, 1.54) is 12.1 Å². The molecule has 0 aliphatic rings. The van der Waals surface area contributed by atoms with Gasteiger partial charge in [0.25, 0.3) is 5.91 Å². The molecule has 0 aliphatic heterocycles. The van der Waals surface area contributed by atoms with Crippen LogP contribution in [0.25, 0.3) is 0 Å². The van der Waals surface area contributed by atoms with Crippen LogP contribution in [0, 0.1) is 19.7 Å². The van der Waals surface area contributed by atoms with Gasteiger partial charge in [-0.1, -0.05) is 17.7 Å². The van der Waals surface area contributed by atoms with Crippen molar-refractivity contribution >= 4 is 34.7 Å². The van der Waals surface area contributed by atoms with Crippen LogP contribution in [-0.2, 0) is 0 Å². The van der Waals surface area contributed by atoms with Crippen LogP contribution in [0.2, 0.25) is 5.02 Å². The molecule has 0 unspecified atom stereocenters. The minimum absolute atomic E-state index is 0.221. The molecule has 2 N–H and O–H groups in total. The number of hydrogen-bond acceptors (Lipinski definition) is 4. The van der Waals surface area contributed by atoms with E-state index in [-0.39, 0.29) is 29.1 Å². The van der Waals surface area contributed by atoms with Crippen molar-refractivity contribution in [2.24, 2.45) is 0 Å². The van der Waals surface area contributed by atoms with E-state index in [9.17, 15) is 14.0 Å². The first-order valence-electron chi connectivity index (χ1n) is 9.60. The van der Waals surface area contributed by atoms with Gasteiger partial charge < -0.3 is 15.4 Å². The van der Waals surface area contributed by atoms with Gasteiger partial charge in [0.1, 0.15) is 11.6 Å². The molecule has 3 rings (SSSR count). The third-order valence-electron chi connectivity index (χ3n) is 4.77. The van der Waals surface area contributed by atoms with Crippen LogP contribution in [0.3, 0.4) is 0 Å². The summed E-state index contributed by atoms with van der Waals surface area (Å²) in [6.45, 7) is 3.41. The SMILES string of the molecule is CNC(=O)c1ccc(C)c(OCC(=O)c2ccc(Nc3ccc(F)cc3C)cc2Cl)c1. The van der Waals surface area contributed by atoms with E-state index >= 15 is 0 Å². The lowest BCUT2D eigenvalue weighted by Crippen LogP contribution is -2.18. The van der Waals surface area contributed by atoms with Crippen molar-refractivity contribution in [2.45, 2.75) is 13.8 Å². The number of ketones is 1. The number of anilines is 2. The molecular formula is C24H22ClFN2O3. The largest absolute Gasteiger partial charge is 0.485 e. The fraction of sp³-hybridized carbons (Fsp3) is 0.167. The Balaban J connectivity index is 1.71. The second kappa shape index (κ2) is 9.62. The maximum Gasteiger partial charge on any atom is 0.251 e. The van der Waals surface area contributed by atoms with Crippen molar-refractivity contribution in [1.29, 1.82) is 0 Å². The quantitative estimate of drug-likeness (QED) is 0.479. The third kappa shape index (κ3) is 5.41. The van der Waals surface area contributed by atoms with Crippen molar-refractivity contribution in [3.05, 3.63) is 87.7 Å². The molecule has 5 nitrogen and oxygen atoms in total. The van der Waals surface area contributed by atoms with Gasteiger partial charge >= 0.3 is 0 Å². The molecule has 0 radical (unpaired) electrons. The number of carbonyl (C=O) groups is 2. The highest BCUT2D eigenvalue weighted by Crippen LogP contribution is 2.27. The average molecular weight is 441 g/mol. The summed E-state index contributed by atoms with van der Waals surface area (Å²) >= 11 is 6.32. The van der Waals surface area contributed by atoms with Gasteiger partial charge in [0.15, 0.2) is 6.61 Å². The number of aryl methyl sites for hydroxylation is 2. The van der Waals surface area contributed by atoms with Crippen molar-refractivity contribution in [3.63, 3.8) is 0 Å². The fourth-order valence-electron chi connectivity index (χ4n) is 3.00. The average Bonchev–Trinajstić information content (AvgIpc) is 2.74. The van der Waals surface area contributed by atoms with Crippen LogP contribution >= 0.6 is 11.6 Å². The molecule has 0 atom stereocenters. The fourth-order valence-corrected chi connectivity index (χ4v) is 3.29. The number of rotatable bonds is 7. The lowest BCUT2D eigenvalue weighted by atomic mass is 10.1. The van der Waals surface area contributed by atoms with Crippen molar-refractivity contribution in [2.75, 3.05) is 19.0 Å². The minimum atomic E-state index is -0.307. The van der Waals surface area contributed by atoms with E-state index in [0.717, 1.165) is 16.8 Å². The summed E-state index contributed by atoms with van der Waals surface area (Å²) in [6.07, 6.45) is 0. The van der Waals surface area contributed by atoms with Crippen LogP contribution in [0.5, 0.6) is 5.75 Å². The molecule has 0 saturated carbocycles. The van der Waals surface area contributed by atoms with E-state index in [1.54, 1.807) is 56.4 Å². The van der Waals surface area contributed by atoms with Gasteiger partial charge in [-0.3, -0.25) is 9.59 Å². The van der Waals surface area contributed by atoms with Gasteiger partial charge in [0.2, 0.25) is 5.78 Å². The monoisotopic (exact) mass is 440 g/mol. The van der Waals surface area contributed by atoms with Gasteiger partial charge in [-0.2, -0.15) is 0 Å². The molecule has 3 aromatic carbocycles. The summed E-state index contributed by atoms with van der Waals surface area (Å²) < 4.78 is 18.9. The van der Waals surface area contributed by atoms with Crippen LogP contribution < -0.4 is 15.4 Å². The zero-order valence-electron chi connectivity index (χ0n) is 17.4. The Morgan fingerprint density at radius 2 is 1.77 bits per heavy atom. The van der Waals surface area contributed by atoms with Gasteiger partial charge in [-0.15, -0.1) is 0 Å². The molecule has 3 aromatic rings. The first kappa shape index (κ1) is 22.3. The molecule has 7 heteroatoms. The van der Waals surface area contributed by atoms with E-state index in [2.05, 4.69) is 10.6 Å². The number of amides is 1. The number of carbonyl (C=O) groups excluding carboxylic acids is 2. The zero-order valence-corrected chi connectivity index (χ0v) is 18.1. The minimum Gasteiger partial charge on any atom is -0.485 e. The highest BCUT2D eigenvalue weighted by atomic mass is 35.5. The molecule has 0 bridgehead atoms. The van der Waals surface area contributed by atoms with Crippen molar-refractivity contribution in [3.8, 4) is 5.75 Å². The number of ether oxygens (including phenoxy) is 1. The number of halogens is 2. The number of Topliss-reactive ketones (excluding diaryl/α,β-unsaturated/α-hetero) is 1. The smallest absolute Gasteiger partial charge is 0.251 e. The first-order chi connectivity index (χ1) is 14.8. The Morgan fingerprint density at radius 1 is 1.00 bits per heavy atom. The molecule has 160 valence electrons. The van der Waals surface area contributed by atoms with Crippen LogP contribution in [0.4, 0.5) is 15.8 Å². The molecule has 0 heterocycles. The number of nitrogens with one attached hydrogen (secondary N) is 2. The van der Waals surface area contributed by atoms with E-state index in [0.29, 0.717) is 22.6 Å². The molecule has 0 aliphatic carbocycles. The number of hydrogen-bond donors (Lipinski definition) is 2. The standard InChI is InChI=1S/C24H22ClFN2O3/c1-14-4-5-16(24(30)27-3)11-23(14)31-13-22(29)19-8-7-18(12-20(19)25)28-21-9-6-17(26)10-15(21)2/h4-12,28H,13H2,1-3H3,(H,27,30). The van der Waals surface area contributed by atoms with Gasteiger partial charge in [0.05, 0.1) is 5.02 Å². The molecule has 1 amide bonds.